The summed E-state index contributed by atoms with van der Waals surface area (Å²) in [6.45, 7) is 8.32. The van der Waals surface area contributed by atoms with Crippen LogP contribution < -0.4 is 10.1 Å². The van der Waals surface area contributed by atoms with E-state index in [4.69, 9.17) is 4.74 Å². The largest absolute Gasteiger partial charge is 0.482 e. The highest BCUT2D eigenvalue weighted by Gasteiger charge is 2.33. The third-order valence-corrected chi connectivity index (χ3v) is 6.09. The van der Waals surface area contributed by atoms with Crippen LogP contribution in [0.25, 0.3) is 0 Å². The number of carbonyl (C=O) groups excluding carboxylic acids is 1. The number of hydrogen-bond donors (Lipinski definition) is 1. The summed E-state index contributed by atoms with van der Waals surface area (Å²) in [7, 11) is 0. The number of benzene rings is 2. The van der Waals surface area contributed by atoms with Crippen LogP contribution in [0.2, 0.25) is 0 Å². The molecule has 0 fully saturated rings. The summed E-state index contributed by atoms with van der Waals surface area (Å²) in [4.78, 5) is 12.3. The van der Waals surface area contributed by atoms with Gasteiger partial charge in [0, 0.05) is 6.54 Å². The van der Waals surface area contributed by atoms with Crippen LogP contribution in [-0.4, -0.2) is 26.4 Å². The molecule has 0 spiro atoms. The highest BCUT2D eigenvalue weighted by molar-refractivity contribution is 7.99. The Balaban J connectivity index is 1.68. The monoisotopic (exact) mass is 478 g/mol. The molecule has 3 rings (SSSR count). The maximum atomic E-state index is 13.1. The number of thioether (sulfide) groups is 1. The molecule has 1 aromatic heterocycles. The van der Waals surface area contributed by atoms with Gasteiger partial charge in [0.1, 0.15) is 5.75 Å². The number of aromatic nitrogens is 3. The van der Waals surface area contributed by atoms with E-state index in [-0.39, 0.29) is 17.5 Å². The van der Waals surface area contributed by atoms with Crippen molar-refractivity contribution in [2.45, 2.75) is 51.7 Å². The SMILES string of the molecule is CCn1c(SCC(=O)Nc2ccccc2C(F)(F)F)nnc1C(C)Oc1cccc(C)c1C. The minimum atomic E-state index is -4.56. The van der Waals surface area contributed by atoms with E-state index in [2.05, 4.69) is 15.5 Å². The molecule has 0 bridgehead atoms. The van der Waals surface area contributed by atoms with E-state index in [1.54, 1.807) is 0 Å². The van der Waals surface area contributed by atoms with Crippen LogP contribution in [0.4, 0.5) is 18.9 Å². The highest BCUT2D eigenvalue weighted by Crippen LogP contribution is 2.34. The van der Waals surface area contributed by atoms with Gasteiger partial charge in [-0.05, 0) is 57.0 Å². The first-order valence-electron chi connectivity index (χ1n) is 10.4. The number of hydrogen-bond acceptors (Lipinski definition) is 5. The van der Waals surface area contributed by atoms with Crippen LogP contribution in [0.1, 0.15) is 42.5 Å². The van der Waals surface area contributed by atoms with Crippen molar-refractivity contribution in [1.29, 1.82) is 0 Å². The van der Waals surface area contributed by atoms with Crippen molar-refractivity contribution in [3.05, 3.63) is 65.0 Å². The smallest absolute Gasteiger partial charge is 0.418 e. The minimum Gasteiger partial charge on any atom is -0.482 e. The van der Waals surface area contributed by atoms with Gasteiger partial charge in [0.25, 0.3) is 0 Å². The molecule has 0 aliphatic carbocycles. The van der Waals surface area contributed by atoms with Gasteiger partial charge in [0.15, 0.2) is 17.1 Å². The molecule has 1 unspecified atom stereocenters. The standard InChI is InChI=1S/C23H25F3N4O2S/c1-5-30-21(16(4)32-19-12-8-9-14(2)15(19)3)28-29-22(30)33-13-20(31)27-18-11-7-6-10-17(18)23(24,25)26/h6-12,16H,5,13H2,1-4H3,(H,27,31). The Morgan fingerprint density at radius 1 is 1.15 bits per heavy atom. The van der Waals surface area contributed by atoms with Gasteiger partial charge < -0.3 is 14.6 Å². The van der Waals surface area contributed by atoms with Gasteiger partial charge in [-0.15, -0.1) is 10.2 Å². The van der Waals surface area contributed by atoms with Gasteiger partial charge in [-0.25, -0.2) is 0 Å². The fourth-order valence-electron chi connectivity index (χ4n) is 3.26. The predicted octanol–water partition coefficient (Wildman–Crippen LogP) is 5.80. The van der Waals surface area contributed by atoms with Crippen LogP contribution in [0.5, 0.6) is 5.75 Å². The molecule has 176 valence electrons. The van der Waals surface area contributed by atoms with Crippen molar-refractivity contribution in [2.24, 2.45) is 0 Å². The lowest BCUT2D eigenvalue weighted by Gasteiger charge is -2.18. The number of nitrogens with zero attached hydrogens (tertiary/aromatic N) is 3. The fourth-order valence-corrected chi connectivity index (χ4v) is 4.06. The second kappa shape index (κ2) is 10.3. The van der Waals surface area contributed by atoms with Crippen molar-refractivity contribution in [3.8, 4) is 5.75 Å². The van der Waals surface area contributed by atoms with Crippen molar-refractivity contribution in [3.63, 3.8) is 0 Å². The van der Waals surface area contributed by atoms with E-state index < -0.39 is 17.6 Å². The number of amides is 1. The molecule has 0 radical (unpaired) electrons. The molecule has 0 aliphatic heterocycles. The number of anilines is 1. The quantitative estimate of drug-likeness (QED) is 0.414. The summed E-state index contributed by atoms with van der Waals surface area (Å²) in [5, 5.41) is 11.2. The van der Waals surface area contributed by atoms with E-state index in [0.29, 0.717) is 17.5 Å². The molecular formula is C23H25F3N4O2S. The Hall–Kier alpha value is -3.01. The number of nitrogens with one attached hydrogen (secondary N) is 1. The molecule has 1 heterocycles. The fraction of sp³-hybridized carbons (Fsp3) is 0.348. The molecule has 10 heteroatoms. The number of ether oxygens (including phenoxy) is 1. The van der Waals surface area contributed by atoms with Crippen LogP contribution in [0.15, 0.2) is 47.6 Å². The lowest BCUT2D eigenvalue weighted by Crippen LogP contribution is -2.18. The Kier molecular flexibility index (Phi) is 7.68. The lowest BCUT2D eigenvalue weighted by molar-refractivity contribution is -0.137. The first-order chi connectivity index (χ1) is 15.6. The summed E-state index contributed by atoms with van der Waals surface area (Å²) in [6.07, 6.45) is -4.94. The first-order valence-corrected chi connectivity index (χ1v) is 11.3. The Labute approximate surface area is 194 Å². The van der Waals surface area contributed by atoms with Crippen LogP contribution >= 0.6 is 11.8 Å². The molecule has 1 amide bonds. The molecule has 3 aromatic rings. The minimum absolute atomic E-state index is 0.115. The van der Waals surface area contributed by atoms with Crippen LogP contribution in [0.3, 0.4) is 0 Å². The third-order valence-electron chi connectivity index (χ3n) is 5.12. The van der Waals surface area contributed by atoms with Gasteiger partial charge in [0.05, 0.1) is 17.0 Å². The zero-order chi connectivity index (χ0) is 24.2. The molecule has 0 aliphatic rings. The molecule has 6 nitrogen and oxygen atoms in total. The predicted molar refractivity (Wildman–Crippen MR) is 121 cm³/mol. The normalized spacial score (nSPS) is 12.5. The molecule has 0 saturated heterocycles. The lowest BCUT2D eigenvalue weighted by atomic mass is 10.1. The van der Waals surface area contributed by atoms with Gasteiger partial charge >= 0.3 is 6.18 Å². The molecule has 0 saturated carbocycles. The Morgan fingerprint density at radius 2 is 1.88 bits per heavy atom. The van der Waals surface area contributed by atoms with Gasteiger partial charge in [-0.3, -0.25) is 4.79 Å². The average Bonchev–Trinajstić information content (AvgIpc) is 3.18. The number of alkyl halides is 3. The number of carbonyl (C=O) groups is 1. The third kappa shape index (κ3) is 5.87. The van der Waals surface area contributed by atoms with E-state index in [1.165, 1.54) is 18.2 Å². The van der Waals surface area contributed by atoms with Crippen molar-refractivity contribution in [1.82, 2.24) is 14.8 Å². The second-order valence-corrected chi connectivity index (χ2v) is 8.37. The van der Waals surface area contributed by atoms with E-state index in [1.807, 2.05) is 50.5 Å². The molecule has 1 N–H and O–H groups in total. The molecule has 1 atom stereocenters. The number of para-hydroxylation sites is 1. The van der Waals surface area contributed by atoms with Crippen LogP contribution in [-0.2, 0) is 17.5 Å². The van der Waals surface area contributed by atoms with Crippen molar-refractivity contribution < 1.29 is 22.7 Å². The molecular weight excluding hydrogens is 453 g/mol. The summed E-state index contributed by atoms with van der Waals surface area (Å²) >= 11 is 1.10. The van der Waals surface area contributed by atoms with Crippen LogP contribution in [0, 0.1) is 13.8 Å². The van der Waals surface area contributed by atoms with Gasteiger partial charge in [0.2, 0.25) is 5.91 Å². The number of halogens is 3. The van der Waals surface area contributed by atoms with E-state index >= 15 is 0 Å². The summed E-state index contributed by atoms with van der Waals surface area (Å²) < 4.78 is 47.3. The summed E-state index contributed by atoms with van der Waals surface area (Å²) in [5.74, 6) is 0.675. The van der Waals surface area contributed by atoms with Gasteiger partial charge in [-0.1, -0.05) is 36.0 Å². The topological polar surface area (TPSA) is 69.0 Å². The van der Waals surface area contributed by atoms with Crippen molar-refractivity contribution in [2.75, 3.05) is 11.1 Å². The molecule has 33 heavy (non-hydrogen) atoms. The maximum absolute atomic E-state index is 13.1. The Bertz CT molecular complexity index is 1130. The van der Waals surface area contributed by atoms with E-state index in [9.17, 15) is 18.0 Å². The zero-order valence-electron chi connectivity index (χ0n) is 18.7. The average molecular weight is 479 g/mol. The summed E-state index contributed by atoms with van der Waals surface area (Å²) in [6, 6.07) is 10.7. The number of aryl methyl sites for hydroxylation is 1. The second-order valence-electron chi connectivity index (χ2n) is 7.42. The van der Waals surface area contributed by atoms with Gasteiger partial charge in [-0.2, -0.15) is 13.2 Å². The highest BCUT2D eigenvalue weighted by atomic mass is 32.2. The van der Waals surface area contributed by atoms with Crippen molar-refractivity contribution >= 4 is 23.4 Å². The number of rotatable bonds is 8. The van der Waals surface area contributed by atoms with E-state index in [0.717, 1.165) is 34.7 Å². The maximum Gasteiger partial charge on any atom is 0.418 e. The summed E-state index contributed by atoms with van der Waals surface area (Å²) in [5.41, 5.74) is 0.993. The molecule has 2 aromatic carbocycles. The Morgan fingerprint density at radius 3 is 2.58 bits per heavy atom. The first kappa shape index (κ1) is 24.6. The zero-order valence-corrected chi connectivity index (χ0v) is 19.5.